The first kappa shape index (κ1) is 24.8. The molecule has 4 rings (SSSR count). The van der Waals surface area contributed by atoms with Crippen LogP contribution in [0, 0.1) is 0 Å². The smallest absolute Gasteiger partial charge is 0.410 e. The lowest BCUT2D eigenvalue weighted by molar-refractivity contribution is -0.00117. The van der Waals surface area contributed by atoms with Crippen LogP contribution in [0.2, 0.25) is 0 Å². The molecule has 1 fully saturated rings. The van der Waals surface area contributed by atoms with Gasteiger partial charge in [0.2, 0.25) is 0 Å². The average Bonchev–Trinajstić information content (AvgIpc) is 2.83. The summed E-state index contributed by atoms with van der Waals surface area (Å²) in [7, 11) is 0. The van der Waals surface area contributed by atoms with Gasteiger partial charge in [0.05, 0.1) is 0 Å². The van der Waals surface area contributed by atoms with Crippen LogP contribution in [0.25, 0.3) is 5.57 Å². The number of carbonyl (C=O) groups is 2. The first-order valence-corrected chi connectivity index (χ1v) is 12.5. The molecule has 2 aromatic rings. The molecule has 2 aliphatic rings. The Hall–Kier alpha value is -3.28. The molecule has 2 heterocycles. The van der Waals surface area contributed by atoms with Crippen molar-refractivity contribution in [2.45, 2.75) is 58.7 Å². The molecule has 0 saturated carbocycles. The number of amides is 2. The largest absolute Gasteiger partial charge is 0.482 e. The minimum atomic E-state index is -0.515. The molecule has 0 aliphatic carbocycles. The molecule has 186 valence electrons. The van der Waals surface area contributed by atoms with Gasteiger partial charge in [0, 0.05) is 50.1 Å². The molecule has 6 nitrogen and oxygen atoms in total. The number of ether oxygens (including phenoxy) is 2. The number of para-hydroxylation sites is 1. The Labute approximate surface area is 208 Å². The molecule has 0 atom stereocenters. The first-order chi connectivity index (χ1) is 16.6. The molecule has 0 unspecified atom stereocenters. The fraction of sp³-hybridized carbons (Fsp3) is 0.448. The number of benzene rings is 2. The number of hydrogen-bond acceptors (Lipinski definition) is 4. The lowest BCUT2D eigenvalue weighted by atomic mass is 9.83. The zero-order valence-corrected chi connectivity index (χ0v) is 21.5. The predicted molar refractivity (Wildman–Crippen MR) is 138 cm³/mol. The Bertz CT molecular complexity index is 1100. The van der Waals surface area contributed by atoms with Crippen LogP contribution in [0.5, 0.6) is 5.75 Å². The number of rotatable bonds is 4. The molecule has 2 aliphatic heterocycles. The summed E-state index contributed by atoms with van der Waals surface area (Å²) in [5, 5.41) is 0. The van der Waals surface area contributed by atoms with Gasteiger partial charge in [0.25, 0.3) is 5.91 Å². The van der Waals surface area contributed by atoms with Crippen molar-refractivity contribution in [2.24, 2.45) is 0 Å². The van der Waals surface area contributed by atoms with E-state index < -0.39 is 11.2 Å². The zero-order valence-electron chi connectivity index (χ0n) is 21.5. The third kappa shape index (κ3) is 5.37. The lowest BCUT2D eigenvalue weighted by Crippen LogP contribution is -2.50. The highest BCUT2D eigenvalue weighted by Crippen LogP contribution is 2.43. The predicted octanol–water partition coefficient (Wildman–Crippen LogP) is 5.76. The molecule has 1 saturated heterocycles. The number of fused-ring (bicyclic) bond motifs is 1. The normalized spacial score (nSPS) is 16.7. The molecule has 0 bridgehead atoms. The second kappa shape index (κ2) is 9.76. The lowest BCUT2D eigenvalue weighted by Gasteiger charge is -2.43. The molecule has 0 aromatic heterocycles. The average molecular weight is 477 g/mol. The van der Waals surface area contributed by atoms with Crippen LogP contribution < -0.4 is 4.74 Å². The van der Waals surface area contributed by atoms with Gasteiger partial charge in [0.15, 0.2) is 0 Å². The molecule has 1 spiro atoms. The van der Waals surface area contributed by atoms with Crippen molar-refractivity contribution in [3.05, 3.63) is 71.3 Å². The summed E-state index contributed by atoms with van der Waals surface area (Å²) in [6, 6.07) is 15.9. The van der Waals surface area contributed by atoms with Crippen LogP contribution in [-0.4, -0.2) is 59.2 Å². The second-order valence-corrected chi connectivity index (χ2v) is 10.2. The standard InChI is InChI=1S/C29H36N2O4/c1-6-30(7-2)26(32)22-14-12-21(13-15-22)24-20-29(34-25-11-9-8-10-23(24)25)16-18-31(19-17-29)27(33)35-28(3,4)5/h8-15,20H,6-7,16-19H2,1-5H3. The Morgan fingerprint density at radius 1 is 1.00 bits per heavy atom. The van der Waals surface area contributed by atoms with Gasteiger partial charge in [-0.1, -0.05) is 30.3 Å². The third-order valence-corrected chi connectivity index (χ3v) is 6.65. The number of nitrogens with zero attached hydrogens (tertiary/aromatic N) is 2. The van der Waals surface area contributed by atoms with Crippen molar-refractivity contribution < 1.29 is 19.1 Å². The molecular weight excluding hydrogens is 440 g/mol. The summed E-state index contributed by atoms with van der Waals surface area (Å²) in [6.07, 6.45) is 3.30. The fourth-order valence-corrected chi connectivity index (χ4v) is 4.73. The van der Waals surface area contributed by atoms with E-state index in [-0.39, 0.29) is 12.0 Å². The van der Waals surface area contributed by atoms with Gasteiger partial charge >= 0.3 is 6.09 Å². The maximum atomic E-state index is 12.8. The van der Waals surface area contributed by atoms with E-state index in [4.69, 9.17) is 9.47 Å². The van der Waals surface area contributed by atoms with Crippen molar-refractivity contribution in [3.8, 4) is 5.75 Å². The molecule has 6 heteroatoms. The van der Waals surface area contributed by atoms with Crippen LogP contribution >= 0.6 is 0 Å². The summed E-state index contributed by atoms with van der Waals surface area (Å²) in [5.74, 6) is 0.896. The van der Waals surface area contributed by atoms with Gasteiger partial charge in [-0.15, -0.1) is 0 Å². The van der Waals surface area contributed by atoms with Crippen LogP contribution in [0.1, 0.15) is 68.9 Å². The van der Waals surface area contributed by atoms with Crippen molar-refractivity contribution in [1.82, 2.24) is 9.80 Å². The van der Waals surface area contributed by atoms with Gasteiger partial charge in [-0.3, -0.25) is 4.79 Å². The quantitative estimate of drug-likeness (QED) is 0.563. The third-order valence-electron chi connectivity index (χ3n) is 6.65. The van der Waals surface area contributed by atoms with E-state index in [1.54, 1.807) is 4.90 Å². The fourth-order valence-electron chi connectivity index (χ4n) is 4.73. The SMILES string of the molecule is CCN(CC)C(=O)c1ccc(C2=CC3(CCN(C(=O)OC(C)(C)C)CC3)Oc3ccccc32)cc1. The Balaban J connectivity index is 1.60. The van der Waals surface area contributed by atoms with E-state index in [9.17, 15) is 9.59 Å². The maximum absolute atomic E-state index is 12.8. The van der Waals surface area contributed by atoms with Gasteiger partial charge in [-0.2, -0.15) is 0 Å². The summed E-state index contributed by atoms with van der Waals surface area (Å²) >= 11 is 0. The summed E-state index contributed by atoms with van der Waals surface area (Å²) in [5.41, 5.74) is 2.87. The van der Waals surface area contributed by atoms with Gasteiger partial charge < -0.3 is 19.3 Å². The number of hydrogen-bond donors (Lipinski definition) is 0. The van der Waals surface area contributed by atoms with Crippen molar-refractivity contribution in [2.75, 3.05) is 26.2 Å². The minimum absolute atomic E-state index is 0.0499. The van der Waals surface area contributed by atoms with E-state index in [0.717, 1.165) is 22.4 Å². The van der Waals surface area contributed by atoms with Gasteiger partial charge in [-0.25, -0.2) is 4.79 Å². The second-order valence-electron chi connectivity index (χ2n) is 10.2. The van der Waals surface area contributed by atoms with Crippen molar-refractivity contribution in [3.63, 3.8) is 0 Å². The molecule has 0 radical (unpaired) electrons. The minimum Gasteiger partial charge on any atom is -0.482 e. The van der Waals surface area contributed by atoms with E-state index >= 15 is 0 Å². The highest BCUT2D eigenvalue weighted by molar-refractivity contribution is 5.95. The zero-order chi connectivity index (χ0) is 25.2. The van der Waals surface area contributed by atoms with Crippen molar-refractivity contribution >= 4 is 17.6 Å². The van der Waals surface area contributed by atoms with E-state index in [1.807, 2.05) is 82.0 Å². The molecule has 2 amide bonds. The summed E-state index contributed by atoms with van der Waals surface area (Å²) in [4.78, 5) is 28.9. The number of likely N-dealkylation sites (tertiary alicyclic amines) is 1. The van der Waals surface area contributed by atoms with Crippen LogP contribution in [-0.2, 0) is 4.74 Å². The van der Waals surface area contributed by atoms with E-state index in [0.29, 0.717) is 44.6 Å². The van der Waals surface area contributed by atoms with E-state index in [2.05, 4.69) is 12.1 Å². The summed E-state index contributed by atoms with van der Waals surface area (Å²) in [6.45, 7) is 12.1. The monoisotopic (exact) mass is 476 g/mol. The molecular formula is C29H36N2O4. The Morgan fingerprint density at radius 3 is 2.23 bits per heavy atom. The van der Waals surface area contributed by atoms with E-state index in [1.165, 1.54) is 0 Å². The molecule has 0 N–H and O–H groups in total. The topological polar surface area (TPSA) is 59.1 Å². The summed E-state index contributed by atoms with van der Waals surface area (Å²) < 4.78 is 12.1. The maximum Gasteiger partial charge on any atom is 0.410 e. The van der Waals surface area contributed by atoms with Crippen molar-refractivity contribution in [1.29, 1.82) is 0 Å². The van der Waals surface area contributed by atoms with Gasteiger partial charge in [0.1, 0.15) is 17.0 Å². The van der Waals surface area contributed by atoms with Crippen LogP contribution in [0.3, 0.4) is 0 Å². The number of piperidine rings is 1. The van der Waals surface area contributed by atoms with Gasteiger partial charge in [-0.05, 0) is 70.0 Å². The number of carbonyl (C=O) groups excluding carboxylic acids is 2. The Kier molecular flexibility index (Phi) is 6.93. The van der Waals surface area contributed by atoms with Crippen LogP contribution in [0.15, 0.2) is 54.6 Å². The Morgan fingerprint density at radius 2 is 1.63 bits per heavy atom. The molecule has 2 aromatic carbocycles. The highest BCUT2D eigenvalue weighted by atomic mass is 16.6. The molecule has 35 heavy (non-hydrogen) atoms. The van der Waals surface area contributed by atoms with Crippen LogP contribution in [0.4, 0.5) is 4.79 Å². The highest BCUT2D eigenvalue weighted by Gasteiger charge is 2.40. The first-order valence-electron chi connectivity index (χ1n) is 12.5.